The number of allylic oxidation sites excluding steroid dienone is 1. The van der Waals surface area contributed by atoms with E-state index >= 15 is 0 Å². The zero-order valence-corrected chi connectivity index (χ0v) is 14.3. The van der Waals surface area contributed by atoms with Crippen LogP contribution in [0.2, 0.25) is 0 Å². The summed E-state index contributed by atoms with van der Waals surface area (Å²) in [7, 11) is 7.36. The molecule has 0 aliphatic rings. The van der Waals surface area contributed by atoms with Crippen LogP contribution in [0.15, 0.2) is 55.1 Å². The Balaban J connectivity index is 2.18. The number of hydrogen-bond acceptors (Lipinski definition) is 4. The predicted molar refractivity (Wildman–Crippen MR) is 99.8 cm³/mol. The summed E-state index contributed by atoms with van der Waals surface area (Å²) in [6, 6.07) is 12.0. The molecule has 0 amide bonds. The Bertz CT molecular complexity index is 779. The normalized spacial score (nSPS) is 10.6. The van der Waals surface area contributed by atoms with Crippen molar-refractivity contribution < 1.29 is 19.0 Å². The fraction of sp³-hybridized carbons (Fsp3) is 0.150. The number of rotatable bonds is 7. The third kappa shape index (κ3) is 5.09. The SMILES string of the molecule is [B]C(=C)c1cc(/C=C/C)ccc1OC(=O)c1ccc(OCOC)cc1. The lowest BCUT2D eigenvalue weighted by Crippen LogP contribution is -2.10. The van der Waals surface area contributed by atoms with E-state index in [0.717, 1.165) is 5.56 Å². The molecular formula is C20H19BO4. The highest BCUT2D eigenvalue weighted by Gasteiger charge is 2.12. The zero-order chi connectivity index (χ0) is 18.2. The van der Waals surface area contributed by atoms with Crippen LogP contribution in [0.3, 0.4) is 0 Å². The molecule has 0 heterocycles. The second kappa shape index (κ2) is 8.90. The monoisotopic (exact) mass is 334 g/mol. The van der Waals surface area contributed by atoms with E-state index in [0.29, 0.717) is 28.1 Å². The first kappa shape index (κ1) is 18.6. The summed E-state index contributed by atoms with van der Waals surface area (Å²) in [6.07, 6.45) is 3.84. The maximum atomic E-state index is 12.4. The number of carbonyl (C=O) groups is 1. The first-order valence-electron chi connectivity index (χ1n) is 7.70. The van der Waals surface area contributed by atoms with Crippen LogP contribution in [0.4, 0.5) is 0 Å². The largest absolute Gasteiger partial charge is 0.468 e. The van der Waals surface area contributed by atoms with Crippen molar-refractivity contribution in [1.29, 1.82) is 0 Å². The second-order valence-electron chi connectivity index (χ2n) is 5.25. The highest BCUT2D eigenvalue weighted by atomic mass is 16.7. The van der Waals surface area contributed by atoms with Crippen LogP contribution < -0.4 is 9.47 Å². The van der Waals surface area contributed by atoms with Crippen molar-refractivity contribution in [2.24, 2.45) is 0 Å². The van der Waals surface area contributed by atoms with E-state index in [1.807, 2.05) is 31.2 Å². The van der Waals surface area contributed by atoms with Crippen LogP contribution in [-0.4, -0.2) is 27.7 Å². The number of methoxy groups -OCH3 is 1. The van der Waals surface area contributed by atoms with E-state index in [9.17, 15) is 4.79 Å². The number of hydrogen-bond donors (Lipinski definition) is 0. The molecule has 2 aromatic carbocycles. The van der Waals surface area contributed by atoms with Gasteiger partial charge in [0, 0.05) is 12.7 Å². The molecule has 4 nitrogen and oxygen atoms in total. The standard InChI is InChI=1S/C20H19BO4/c1-4-5-15-6-11-19(18(12-15)14(2)21)25-20(22)16-7-9-17(10-8-16)24-13-23-3/h4-12H,2,13H2,1,3H3/b5-4+. The minimum Gasteiger partial charge on any atom is -0.468 e. The van der Waals surface area contributed by atoms with E-state index in [2.05, 4.69) is 6.58 Å². The van der Waals surface area contributed by atoms with Crippen molar-refractivity contribution >= 4 is 25.4 Å². The van der Waals surface area contributed by atoms with Crippen molar-refractivity contribution in [2.75, 3.05) is 13.9 Å². The van der Waals surface area contributed by atoms with Gasteiger partial charge in [0.1, 0.15) is 19.3 Å². The van der Waals surface area contributed by atoms with Gasteiger partial charge in [-0.15, -0.1) is 6.58 Å². The van der Waals surface area contributed by atoms with Gasteiger partial charge in [0.05, 0.1) is 5.56 Å². The first-order valence-corrected chi connectivity index (χ1v) is 7.70. The molecule has 0 aliphatic heterocycles. The average Bonchev–Trinajstić information content (AvgIpc) is 2.61. The van der Waals surface area contributed by atoms with E-state index in [1.54, 1.807) is 30.3 Å². The molecule has 0 saturated heterocycles. The Morgan fingerprint density at radius 1 is 1.20 bits per heavy atom. The lowest BCUT2D eigenvalue weighted by atomic mass is 9.88. The zero-order valence-electron chi connectivity index (χ0n) is 14.3. The van der Waals surface area contributed by atoms with Crippen molar-refractivity contribution in [2.45, 2.75) is 6.92 Å². The lowest BCUT2D eigenvalue weighted by Gasteiger charge is -2.12. The Morgan fingerprint density at radius 2 is 1.92 bits per heavy atom. The summed E-state index contributed by atoms with van der Waals surface area (Å²) >= 11 is 0. The molecule has 0 aliphatic carbocycles. The molecule has 2 rings (SSSR count). The molecule has 126 valence electrons. The van der Waals surface area contributed by atoms with E-state index in [-0.39, 0.29) is 6.79 Å². The fourth-order valence-electron chi connectivity index (χ4n) is 2.16. The smallest absolute Gasteiger partial charge is 0.343 e. The van der Waals surface area contributed by atoms with Gasteiger partial charge in [-0.25, -0.2) is 4.79 Å². The van der Waals surface area contributed by atoms with Gasteiger partial charge in [0.25, 0.3) is 0 Å². The van der Waals surface area contributed by atoms with Crippen LogP contribution >= 0.6 is 0 Å². The molecule has 0 spiro atoms. The third-order valence-corrected chi connectivity index (χ3v) is 3.34. The fourth-order valence-corrected chi connectivity index (χ4v) is 2.16. The van der Waals surface area contributed by atoms with E-state index in [4.69, 9.17) is 22.1 Å². The van der Waals surface area contributed by atoms with Crippen molar-refractivity contribution in [3.8, 4) is 11.5 Å². The maximum Gasteiger partial charge on any atom is 0.343 e. The maximum absolute atomic E-state index is 12.4. The van der Waals surface area contributed by atoms with Gasteiger partial charge in [-0.05, 0) is 48.9 Å². The van der Waals surface area contributed by atoms with Crippen LogP contribution in [-0.2, 0) is 4.74 Å². The minimum atomic E-state index is -0.487. The number of ether oxygens (including phenoxy) is 3. The molecule has 5 heteroatoms. The van der Waals surface area contributed by atoms with E-state index in [1.165, 1.54) is 7.11 Å². The lowest BCUT2D eigenvalue weighted by molar-refractivity contribution is 0.0511. The highest BCUT2D eigenvalue weighted by Crippen LogP contribution is 2.26. The molecule has 2 radical (unpaired) electrons. The molecule has 0 N–H and O–H groups in total. The topological polar surface area (TPSA) is 44.8 Å². The van der Waals surface area contributed by atoms with Crippen molar-refractivity contribution in [3.05, 3.63) is 71.8 Å². The molecule has 0 atom stereocenters. The van der Waals surface area contributed by atoms with Crippen molar-refractivity contribution in [1.82, 2.24) is 0 Å². The summed E-state index contributed by atoms with van der Waals surface area (Å²) in [5.74, 6) is 0.482. The summed E-state index contributed by atoms with van der Waals surface area (Å²) in [6.45, 7) is 5.81. The molecule has 0 bridgehead atoms. The Kier molecular flexibility index (Phi) is 6.60. The Morgan fingerprint density at radius 3 is 2.52 bits per heavy atom. The Hall–Kier alpha value is -2.79. The number of esters is 1. The quantitative estimate of drug-likeness (QED) is 0.331. The first-order chi connectivity index (χ1) is 12.0. The minimum absolute atomic E-state index is 0.143. The summed E-state index contributed by atoms with van der Waals surface area (Å²) in [4.78, 5) is 12.4. The van der Waals surface area contributed by atoms with Gasteiger partial charge in [0.15, 0.2) is 6.79 Å². The van der Waals surface area contributed by atoms with Crippen LogP contribution in [0.1, 0.15) is 28.4 Å². The molecule has 0 fully saturated rings. The summed E-state index contributed by atoms with van der Waals surface area (Å²) < 4.78 is 15.6. The van der Waals surface area contributed by atoms with Gasteiger partial charge in [0.2, 0.25) is 0 Å². The molecule has 25 heavy (non-hydrogen) atoms. The molecular weight excluding hydrogens is 315 g/mol. The van der Waals surface area contributed by atoms with Gasteiger partial charge < -0.3 is 14.2 Å². The van der Waals surface area contributed by atoms with Gasteiger partial charge in [-0.2, -0.15) is 0 Å². The van der Waals surface area contributed by atoms with Crippen LogP contribution in [0.25, 0.3) is 11.5 Å². The predicted octanol–water partition coefficient (Wildman–Crippen LogP) is 4.06. The summed E-state index contributed by atoms with van der Waals surface area (Å²) in [5.41, 5.74) is 2.26. The second-order valence-corrected chi connectivity index (χ2v) is 5.25. The third-order valence-electron chi connectivity index (χ3n) is 3.34. The van der Waals surface area contributed by atoms with E-state index < -0.39 is 5.97 Å². The highest BCUT2D eigenvalue weighted by molar-refractivity contribution is 6.42. The van der Waals surface area contributed by atoms with Crippen LogP contribution in [0.5, 0.6) is 11.5 Å². The van der Waals surface area contributed by atoms with Crippen molar-refractivity contribution in [3.63, 3.8) is 0 Å². The molecule has 0 unspecified atom stereocenters. The number of carbonyl (C=O) groups excluding carboxylic acids is 1. The average molecular weight is 334 g/mol. The summed E-state index contributed by atoms with van der Waals surface area (Å²) in [5, 5.41) is 0. The van der Waals surface area contributed by atoms with Crippen LogP contribution in [0, 0.1) is 0 Å². The van der Waals surface area contributed by atoms with Gasteiger partial charge in [-0.1, -0.05) is 23.7 Å². The molecule has 0 saturated carbocycles. The van der Waals surface area contributed by atoms with Gasteiger partial charge in [-0.3, -0.25) is 0 Å². The molecule has 2 aromatic rings. The van der Waals surface area contributed by atoms with Gasteiger partial charge >= 0.3 is 5.97 Å². The number of benzene rings is 2. The Labute approximate surface area is 149 Å². The molecule has 0 aromatic heterocycles.